The molecule has 130 heavy (non-hydrogen) atoms. The van der Waals surface area contributed by atoms with Crippen LogP contribution in [0, 0.1) is 84.9 Å². The molecule has 0 aliphatic carbocycles. The molecule has 700 valence electrons. The summed E-state index contributed by atoms with van der Waals surface area (Å²) in [6, 6.07) is 47.5. The SMILES string of the molecule is CCC(C)COC(=O)OC(C)O/C(=C(/C#N)c1ccc(C(C)(C)C)cc1)c1cc(C)nn1C.CCCC(C)OC(=O)OC(C)O/C(=C(/C#N)c1ccc(C(C)(C)C)cc1)c1cc(C)nn1C.Cc1cc(/C(OC(C)OC(=O)OCCC(C)C)=C(\C#N)c2ccc(C(C)(C)C)cc2)n(C)n1.Cc1cc(/C(OC(C)OC(=O)OCCCl)=C(\C#N)c2ccc(C(C)(C)C)cc2)n(C)n1. The number of alkyl halides is 1. The Morgan fingerprint density at radius 2 is 0.608 bits per heavy atom. The van der Waals surface area contributed by atoms with Gasteiger partial charge in [-0.2, -0.15) is 41.4 Å². The number of allylic oxidation sites excluding steroid dienone is 4. The fourth-order valence-electron chi connectivity index (χ4n) is 12.7. The summed E-state index contributed by atoms with van der Waals surface area (Å²) < 4.78 is 71.8. The van der Waals surface area contributed by atoms with Crippen molar-refractivity contribution in [2.75, 3.05) is 25.7 Å². The lowest BCUT2D eigenvalue weighted by atomic mass is 9.86. The van der Waals surface area contributed by atoms with Gasteiger partial charge in [-0.15, -0.1) is 11.6 Å². The predicted molar refractivity (Wildman–Crippen MR) is 503 cm³/mol. The van der Waals surface area contributed by atoms with Gasteiger partial charge in [0.15, 0.2) is 23.0 Å². The Kier molecular flexibility index (Phi) is 41.2. The van der Waals surface area contributed by atoms with Gasteiger partial charge < -0.3 is 56.8 Å². The number of rotatable bonds is 31. The van der Waals surface area contributed by atoms with Gasteiger partial charge in [0.25, 0.3) is 0 Å². The molecule has 6 atom stereocenters. The summed E-state index contributed by atoms with van der Waals surface area (Å²) in [5.41, 5.74) is 14.1. The molecule has 0 N–H and O–H groups in total. The maximum absolute atomic E-state index is 12.1. The normalized spacial score (nSPS) is 13.6. The number of carbonyl (C=O) groups excluding carboxylic acids is 4. The molecule has 8 aromatic rings. The smallest absolute Gasteiger partial charge is 0.451 e. The van der Waals surface area contributed by atoms with Crippen LogP contribution in [0.4, 0.5) is 19.2 Å². The van der Waals surface area contributed by atoms with Gasteiger partial charge in [0.05, 0.1) is 41.9 Å². The Morgan fingerprint density at radius 1 is 0.362 bits per heavy atom. The molecule has 6 unspecified atom stereocenters. The van der Waals surface area contributed by atoms with Crippen molar-refractivity contribution >= 4 is 81.6 Å². The maximum atomic E-state index is 12.1. The Hall–Kier alpha value is -12.8. The number of nitrogens with zero attached hydrogens (tertiary/aromatic N) is 12. The first kappa shape index (κ1) is 108. The van der Waals surface area contributed by atoms with Crippen LogP contribution in [0.3, 0.4) is 0 Å². The Labute approximate surface area is 773 Å². The second kappa shape index (κ2) is 49.7. The zero-order chi connectivity index (χ0) is 97.5. The quantitative estimate of drug-likeness (QED) is 0.00972. The minimum atomic E-state index is -1.01. The largest absolute Gasteiger partial charge is 0.511 e. The molecule has 0 aliphatic rings. The molecule has 4 heterocycles. The molecular weight excluding hydrogens is 1670 g/mol. The van der Waals surface area contributed by atoms with Crippen molar-refractivity contribution in [1.29, 1.82) is 21.0 Å². The van der Waals surface area contributed by atoms with Crippen molar-refractivity contribution in [2.45, 2.75) is 259 Å². The third-order valence-corrected chi connectivity index (χ3v) is 20.2. The average molecular weight is 1810 g/mol. The van der Waals surface area contributed by atoms with E-state index >= 15 is 0 Å². The lowest BCUT2D eigenvalue weighted by molar-refractivity contribution is -0.0761. The van der Waals surface area contributed by atoms with E-state index in [1.54, 1.807) is 80.7 Å². The standard InChI is InChI=1S/3C26H35N3O4.C23H28ClN3O4/c1-17(2)13-14-31-25(30)33-19(4)32-24(23-15-18(3)28-29(23)8)22(16-27)20-9-11-21(12-10-20)26(5,6)7;1-9-17(2)16-31-25(30)33-19(4)32-24(23-14-18(3)28-29(23)8)22(15-27)20-10-12-21(13-11-20)26(5,6)7;1-9-10-18(3)31-25(30)33-19(4)32-24(23-15-17(2)28-29(23)8)22(16-27)20-11-13-21(14-12-20)26(5,6)7;1-15-13-20(27(6)26-15)21(30-16(2)31-22(28)29-12-11-24)19(14-25)17-7-9-18(10-8-17)23(3,4)5/h9-12,15,17,19H,13-14H2,1-8H3;10-14,17,19H,9,16H2,1-8H3;11-15,18-19H,9-10H2,1-8H3;7-10,13,16H,11-12H2,1-6H3/b3*24-22-;21-19-. The van der Waals surface area contributed by atoms with E-state index in [2.05, 4.69) is 128 Å². The van der Waals surface area contributed by atoms with Crippen LogP contribution in [-0.2, 0) is 107 Å². The van der Waals surface area contributed by atoms with Crippen LogP contribution in [0.2, 0.25) is 0 Å². The monoisotopic (exact) mass is 1800 g/mol. The summed E-state index contributed by atoms with van der Waals surface area (Å²) in [6.45, 7) is 51.8. The molecule has 4 aromatic heterocycles. The third-order valence-electron chi connectivity index (χ3n) is 20.0. The van der Waals surface area contributed by atoms with Gasteiger partial charge in [0, 0.05) is 55.9 Å². The van der Waals surface area contributed by atoms with E-state index in [-0.39, 0.29) is 82.4 Å². The first-order chi connectivity index (χ1) is 60.9. The number of ether oxygens (including phenoxy) is 12. The summed E-state index contributed by atoms with van der Waals surface area (Å²) in [5, 5.41) is 57.6. The number of halogens is 1. The molecule has 0 saturated carbocycles. The van der Waals surface area contributed by atoms with Crippen LogP contribution in [0.25, 0.3) is 45.3 Å². The van der Waals surface area contributed by atoms with Gasteiger partial charge in [-0.3, -0.25) is 18.7 Å². The van der Waals surface area contributed by atoms with Crippen LogP contribution in [0.1, 0.15) is 268 Å². The van der Waals surface area contributed by atoms with E-state index in [0.29, 0.717) is 73.2 Å². The van der Waals surface area contributed by atoms with E-state index in [0.717, 1.165) is 70.7 Å². The van der Waals surface area contributed by atoms with Crippen LogP contribution in [0.15, 0.2) is 121 Å². The van der Waals surface area contributed by atoms with E-state index in [1.165, 1.54) is 0 Å². The molecule has 0 aliphatic heterocycles. The maximum Gasteiger partial charge on any atom is 0.511 e. The number of aromatic nitrogens is 8. The summed E-state index contributed by atoms with van der Waals surface area (Å²) in [5.74, 6) is 1.92. The van der Waals surface area contributed by atoms with Gasteiger partial charge in [0.2, 0.25) is 25.2 Å². The number of hydrogen-bond donors (Lipinski definition) is 0. The van der Waals surface area contributed by atoms with E-state index in [4.69, 9.17) is 68.4 Å². The number of benzene rings is 4. The van der Waals surface area contributed by atoms with Crippen molar-refractivity contribution in [3.8, 4) is 24.3 Å². The zero-order valence-corrected chi connectivity index (χ0v) is 82.3. The highest BCUT2D eigenvalue weighted by molar-refractivity contribution is 6.18. The highest BCUT2D eigenvalue weighted by Crippen LogP contribution is 2.37. The Balaban J connectivity index is 0.000000307. The van der Waals surface area contributed by atoms with Gasteiger partial charge in [0.1, 0.15) is 82.1 Å². The van der Waals surface area contributed by atoms with E-state index < -0.39 is 49.8 Å². The number of nitriles is 4. The average Bonchev–Trinajstić information content (AvgIpc) is 1.60. The lowest BCUT2D eigenvalue weighted by Gasteiger charge is -2.21. The van der Waals surface area contributed by atoms with Crippen LogP contribution in [-0.4, -0.2) is 121 Å². The Bertz CT molecular complexity index is 5380. The van der Waals surface area contributed by atoms with Crippen LogP contribution < -0.4 is 0 Å². The van der Waals surface area contributed by atoms with Crippen molar-refractivity contribution in [3.05, 3.63) is 211 Å². The fourth-order valence-corrected chi connectivity index (χ4v) is 12.8. The zero-order valence-electron chi connectivity index (χ0n) is 81.5. The van der Waals surface area contributed by atoms with Gasteiger partial charge in [-0.1, -0.05) is 228 Å². The molecule has 29 heteroatoms. The molecule has 4 aromatic carbocycles. The number of aryl methyl sites for hydroxylation is 8. The van der Waals surface area contributed by atoms with Crippen molar-refractivity contribution in [3.63, 3.8) is 0 Å². The van der Waals surface area contributed by atoms with Crippen molar-refractivity contribution < 1.29 is 76.0 Å². The predicted octanol–water partition coefficient (Wildman–Crippen LogP) is 23.3. The second-order valence-electron chi connectivity index (χ2n) is 36.1. The number of hydrogen-bond acceptors (Lipinski definition) is 24. The lowest BCUT2D eigenvalue weighted by Crippen LogP contribution is -2.22. The van der Waals surface area contributed by atoms with Crippen molar-refractivity contribution in [1.82, 2.24) is 39.1 Å². The summed E-state index contributed by atoms with van der Waals surface area (Å²) in [4.78, 5) is 48.0. The van der Waals surface area contributed by atoms with Gasteiger partial charge in [-0.05, 0) is 150 Å². The minimum absolute atomic E-state index is 0.00812. The topological polar surface area (TPSA) is 345 Å². The first-order valence-electron chi connectivity index (χ1n) is 43.6. The molecular formula is C101H133ClN12O16. The molecule has 8 rings (SSSR count). The van der Waals surface area contributed by atoms with Crippen LogP contribution in [0.5, 0.6) is 0 Å². The van der Waals surface area contributed by atoms with E-state index in [1.807, 2.05) is 184 Å². The highest BCUT2D eigenvalue weighted by atomic mass is 35.5. The second-order valence-corrected chi connectivity index (χ2v) is 36.5. The van der Waals surface area contributed by atoms with E-state index in [9.17, 15) is 40.2 Å². The third kappa shape index (κ3) is 33.7. The Morgan fingerprint density at radius 3 is 0.815 bits per heavy atom. The molecule has 0 amide bonds. The summed E-state index contributed by atoms with van der Waals surface area (Å²) in [7, 11) is 7.07. The molecule has 0 fully saturated rings. The molecule has 0 spiro atoms. The summed E-state index contributed by atoms with van der Waals surface area (Å²) >= 11 is 5.52. The highest BCUT2D eigenvalue weighted by Gasteiger charge is 2.30. The van der Waals surface area contributed by atoms with Gasteiger partial charge in [-0.25, -0.2) is 19.2 Å². The van der Waals surface area contributed by atoms with Gasteiger partial charge >= 0.3 is 24.6 Å². The van der Waals surface area contributed by atoms with Crippen molar-refractivity contribution in [2.24, 2.45) is 40.0 Å². The molecule has 0 bridgehead atoms. The first-order valence-corrected chi connectivity index (χ1v) is 44.1. The molecule has 28 nitrogen and oxygen atoms in total. The number of carbonyl (C=O) groups is 4. The molecule has 0 radical (unpaired) electrons. The summed E-state index contributed by atoms with van der Waals surface area (Å²) in [6.07, 6.45) is -4.24. The fraction of sp³-hybridized carbons (Fsp3) is 0.485. The minimum Gasteiger partial charge on any atom is -0.451 e. The molecule has 0 saturated heterocycles. The van der Waals surface area contributed by atoms with Crippen LogP contribution >= 0.6 is 11.6 Å².